The minimum atomic E-state index is -0.315. The highest BCUT2D eigenvalue weighted by atomic mass is 32.2. The van der Waals surface area contributed by atoms with Crippen LogP contribution >= 0.6 is 11.8 Å². The Morgan fingerprint density at radius 2 is 1.81 bits per heavy atom. The first-order valence-corrected chi connectivity index (χ1v) is 13.5. The molecule has 0 bridgehead atoms. The summed E-state index contributed by atoms with van der Waals surface area (Å²) in [7, 11) is 0. The van der Waals surface area contributed by atoms with Crippen LogP contribution in [0.1, 0.15) is 31.4 Å². The van der Waals surface area contributed by atoms with Gasteiger partial charge in [0.2, 0.25) is 11.8 Å². The molecule has 3 aromatic rings. The van der Waals surface area contributed by atoms with Gasteiger partial charge in [0.1, 0.15) is 5.82 Å². The van der Waals surface area contributed by atoms with Gasteiger partial charge in [-0.25, -0.2) is 4.39 Å². The number of fused-ring (bicyclic) bond motifs is 1. The minimum Gasteiger partial charge on any atom is -0.341 e. The third kappa shape index (κ3) is 6.42. The molecule has 36 heavy (non-hydrogen) atoms. The summed E-state index contributed by atoms with van der Waals surface area (Å²) in [6.07, 6.45) is 4.24. The van der Waals surface area contributed by atoms with Crippen LogP contribution in [0.2, 0.25) is 0 Å². The van der Waals surface area contributed by atoms with Gasteiger partial charge < -0.3 is 10.2 Å². The lowest BCUT2D eigenvalue weighted by atomic mass is 10.0. The van der Waals surface area contributed by atoms with Gasteiger partial charge in [-0.05, 0) is 54.7 Å². The molecular weight excluding hydrogens is 475 g/mol. The van der Waals surface area contributed by atoms with Gasteiger partial charge in [0.05, 0.1) is 17.8 Å². The zero-order chi connectivity index (χ0) is 25.5. The highest BCUT2D eigenvalue weighted by Crippen LogP contribution is 2.27. The molecule has 0 spiro atoms. The highest BCUT2D eigenvalue weighted by Gasteiger charge is 2.21. The van der Waals surface area contributed by atoms with E-state index in [0.29, 0.717) is 31.7 Å². The third-order valence-corrected chi connectivity index (χ3v) is 7.64. The van der Waals surface area contributed by atoms with E-state index in [9.17, 15) is 14.0 Å². The van der Waals surface area contributed by atoms with Crippen LogP contribution < -0.4 is 5.32 Å². The minimum absolute atomic E-state index is 0.0160. The summed E-state index contributed by atoms with van der Waals surface area (Å²) in [5.74, 6) is 0.00301. The molecule has 1 aliphatic rings. The van der Waals surface area contributed by atoms with Crippen LogP contribution in [0.5, 0.6) is 0 Å². The number of anilines is 1. The number of pyridine rings is 1. The molecule has 1 aromatic heterocycles. The Kier molecular flexibility index (Phi) is 8.93. The molecule has 0 aliphatic carbocycles. The lowest BCUT2D eigenvalue weighted by Gasteiger charge is -2.22. The molecule has 2 amide bonds. The SMILES string of the molecule is CCc1cccc(CC)c1NC(=O)CN1CCCN(C(=O)CSc2ccnc3ccc(F)cc23)CC1. The van der Waals surface area contributed by atoms with Crippen molar-refractivity contribution in [3.63, 3.8) is 0 Å². The van der Waals surface area contributed by atoms with E-state index in [4.69, 9.17) is 0 Å². The normalized spacial score (nSPS) is 14.6. The molecule has 4 rings (SSSR count). The van der Waals surface area contributed by atoms with Crippen molar-refractivity contribution in [1.82, 2.24) is 14.8 Å². The van der Waals surface area contributed by atoms with E-state index in [2.05, 4.69) is 41.2 Å². The molecule has 1 saturated heterocycles. The van der Waals surface area contributed by atoms with Crippen LogP contribution in [-0.4, -0.2) is 65.1 Å². The lowest BCUT2D eigenvalue weighted by Crippen LogP contribution is -2.38. The molecule has 0 saturated carbocycles. The van der Waals surface area contributed by atoms with Crippen molar-refractivity contribution in [2.24, 2.45) is 0 Å². The Morgan fingerprint density at radius 3 is 2.56 bits per heavy atom. The van der Waals surface area contributed by atoms with E-state index in [1.807, 2.05) is 17.0 Å². The van der Waals surface area contributed by atoms with E-state index >= 15 is 0 Å². The number of thioether (sulfide) groups is 1. The predicted molar refractivity (Wildman–Crippen MR) is 144 cm³/mol. The van der Waals surface area contributed by atoms with Gasteiger partial charge >= 0.3 is 0 Å². The number of amides is 2. The maximum atomic E-state index is 13.7. The number of aryl methyl sites for hydroxylation is 2. The number of hydrogen-bond acceptors (Lipinski definition) is 5. The van der Waals surface area contributed by atoms with Crippen LogP contribution in [0.15, 0.2) is 53.6 Å². The summed E-state index contributed by atoms with van der Waals surface area (Å²) < 4.78 is 13.7. The first-order chi connectivity index (χ1) is 17.5. The Morgan fingerprint density at radius 1 is 1.03 bits per heavy atom. The topological polar surface area (TPSA) is 65.5 Å². The van der Waals surface area contributed by atoms with Crippen LogP contribution in [0.3, 0.4) is 0 Å². The largest absolute Gasteiger partial charge is 0.341 e. The second-order valence-electron chi connectivity index (χ2n) is 8.98. The third-order valence-electron chi connectivity index (χ3n) is 6.59. The average molecular weight is 509 g/mol. The average Bonchev–Trinajstić information content (AvgIpc) is 3.12. The number of halogens is 1. The molecule has 1 fully saturated rings. The first kappa shape index (κ1) is 26.1. The van der Waals surface area contributed by atoms with Crippen molar-refractivity contribution in [2.45, 2.75) is 38.0 Å². The summed E-state index contributed by atoms with van der Waals surface area (Å²) in [6, 6.07) is 12.5. The van der Waals surface area contributed by atoms with Gasteiger partial charge in [0, 0.05) is 48.3 Å². The quantitative estimate of drug-likeness (QED) is 0.445. The number of para-hydroxylation sites is 1. The van der Waals surface area contributed by atoms with Crippen LogP contribution in [0, 0.1) is 5.82 Å². The predicted octanol–water partition coefficient (Wildman–Crippen LogP) is 4.76. The number of hydrogen-bond donors (Lipinski definition) is 1. The fourth-order valence-corrected chi connectivity index (χ4v) is 5.55. The number of carbonyl (C=O) groups is 2. The fraction of sp³-hybridized carbons (Fsp3) is 0.393. The molecule has 1 N–H and O–H groups in total. The Bertz CT molecular complexity index is 1210. The molecule has 0 unspecified atom stereocenters. The van der Waals surface area contributed by atoms with Crippen molar-refractivity contribution < 1.29 is 14.0 Å². The van der Waals surface area contributed by atoms with Gasteiger partial charge in [-0.1, -0.05) is 32.0 Å². The first-order valence-electron chi connectivity index (χ1n) is 12.6. The van der Waals surface area contributed by atoms with Crippen LogP contribution in [0.4, 0.5) is 10.1 Å². The molecule has 6 nitrogen and oxygen atoms in total. The molecular formula is C28H33FN4O2S. The van der Waals surface area contributed by atoms with Gasteiger partial charge in [-0.3, -0.25) is 19.5 Å². The second-order valence-corrected chi connectivity index (χ2v) is 9.99. The monoisotopic (exact) mass is 508 g/mol. The molecule has 190 valence electrons. The summed E-state index contributed by atoms with van der Waals surface area (Å²) in [5.41, 5.74) is 3.96. The van der Waals surface area contributed by atoms with Gasteiger partial charge in [-0.2, -0.15) is 0 Å². The Labute approximate surface area is 216 Å². The number of nitrogens with one attached hydrogen (secondary N) is 1. The smallest absolute Gasteiger partial charge is 0.238 e. The van der Waals surface area contributed by atoms with E-state index in [1.165, 1.54) is 23.9 Å². The lowest BCUT2D eigenvalue weighted by molar-refractivity contribution is -0.128. The summed E-state index contributed by atoms with van der Waals surface area (Å²) in [6.45, 7) is 7.19. The number of nitrogens with zero attached hydrogens (tertiary/aromatic N) is 3. The number of aromatic nitrogens is 1. The zero-order valence-corrected chi connectivity index (χ0v) is 21.7. The molecule has 0 atom stereocenters. The van der Waals surface area contributed by atoms with Crippen molar-refractivity contribution in [3.8, 4) is 0 Å². The molecule has 1 aliphatic heterocycles. The summed E-state index contributed by atoms with van der Waals surface area (Å²) in [4.78, 5) is 34.9. The molecule has 0 radical (unpaired) electrons. The van der Waals surface area contributed by atoms with Crippen molar-refractivity contribution in [3.05, 3.63) is 65.6 Å². The number of rotatable bonds is 8. The van der Waals surface area contributed by atoms with Crippen molar-refractivity contribution in [2.75, 3.05) is 43.8 Å². The maximum absolute atomic E-state index is 13.7. The van der Waals surface area contributed by atoms with Gasteiger partial charge in [0.25, 0.3) is 0 Å². The molecule has 8 heteroatoms. The van der Waals surface area contributed by atoms with E-state index in [0.717, 1.165) is 52.9 Å². The van der Waals surface area contributed by atoms with Crippen molar-refractivity contribution in [1.29, 1.82) is 0 Å². The molecule has 2 aromatic carbocycles. The standard InChI is InChI=1S/C28H33FN4O2S/c1-3-20-7-5-8-21(4-2)28(20)31-26(34)18-32-13-6-14-33(16-15-32)27(35)19-36-25-11-12-30-24-10-9-22(29)17-23(24)25/h5,7-12,17H,3-4,6,13-16,18-19H2,1-2H3,(H,31,34). The second kappa shape index (κ2) is 12.3. The van der Waals surface area contributed by atoms with Crippen molar-refractivity contribution >= 4 is 40.2 Å². The summed E-state index contributed by atoms with van der Waals surface area (Å²) >= 11 is 1.41. The number of carbonyl (C=O) groups excluding carboxylic acids is 2. The van der Waals surface area contributed by atoms with Gasteiger partial charge in [-0.15, -0.1) is 11.8 Å². The van der Waals surface area contributed by atoms with Gasteiger partial charge in [0.15, 0.2) is 0 Å². The summed E-state index contributed by atoms with van der Waals surface area (Å²) in [5, 5.41) is 3.86. The van der Waals surface area contributed by atoms with Crippen LogP contribution in [-0.2, 0) is 22.4 Å². The Balaban J connectivity index is 1.31. The highest BCUT2D eigenvalue weighted by molar-refractivity contribution is 8.00. The number of benzene rings is 2. The molecule has 2 heterocycles. The van der Waals surface area contributed by atoms with E-state index in [1.54, 1.807) is 12.3 Å². The Hall–Kier alpha value is -2.97. The fourth-order valence-electron chi connectivity index (χ4n) is 4.61. The maximum Gasteiger partial charge on any atom is 0.238 e. The van der Waals surface area contributed by atoms with E-state index in [-0.39, 0.29) is 23.4 Å². The van der Waals surface area contributed by atoms with E-state index < -0.39 is 0 Å². The zero-order valence-electron chi connectivity index (χ0n) is 20.9. The van der Waals surface area contributed by atoms with Crippen LogP contribution in [0.25, 0.3) is 10.9 Å².